The molecule has 8 nitrogen and oxygen atoms in total. The minimum atomic E-state index is -0.462. The number of hydrogen-bond donors (Lipinski definition) is 2. The van der Waals surface area contributed by atoms with E-state index in [1.807, 2.05) is 0 Å². The summed E-state index contributed by atoms with van der Waals surface area (Å²) in [5.74, 6) is -1.24. The molecule has 0 radical (unpaired) electrons. The van der Waals surface area contributed by atoms with Crippen molar-refractivity contribution in [2.75, 3.05) is 19.0 Å². The standard InChI is InChI=1S/C25H27FN4O4/c1-34-22(31)7-5-3-2-4-6-14-27-24(32)18-10-8-17(9-11-18)16-28-30-23-20-15-19(26)12-13-21(20)29-25(23)33/h8-13,15-16H,2-7,14H2,1H3,(H,27,32)(H,29,30,33). The smallest absolute Gasteiger partial charge is 0.305 e. The minimum Gasteiger partial charge on any atom is -0.469 e. The van der Waals surface area contributed by atoms with Gasteiger partial charge in [-0.2, -0.15) is 5.10 Å². The van der Waals surface area contributed by atoms with Gasteiger partial charge in [0.05, 0.1) is 19.0 Å². The summed E-state index contributed by atoms with van der Waals surface area (Å²) in [6, 6.07) is 10.8. The molecule has 9 heteroatoms. The van der Waals surface area contributed by atoms with Crippen LogP contribution in [0, 0.1) is 5.82 Å². The minimum absolute atomic E-state index is 0.0465. The maximum Gasteiger partial charge on any atom is 0.305 e. The number of anilines is 1. The number of methoxy groups -OCH3 is 1. The Hall–Kier alpha value is -3.88. The Bertz CT molecular complexity index is 1100. The summed E-state index contributed by atoms with van der Waals surface area (Å²) in [6.07, 6.45) is 6.55. The Morgan fingerprint density at radius 3 is 2.56 bits per heavy atom. The summed E-state index contributed by atoms with van der Waals surface area (Å²) in [7, 11) is 1.39. The third kappa shape index (κ3) is 7.06. The van der Waals surface area contributed by atoms with Crippen molar-refractivity contribution in [2.24, 2.45) is 10.2 Å². The third-order valence-electron chi connectivity index (χ3n) is 5.31. The van der Waals surface area contributed by atoms with Gasteiger partial charge >= 0.3 is 5.97 Å². The molecule has 0 aromatic heterocycles. The second kappa shape index (κ2) is 12.4. The molecular formula is C25H27FN4O4. The number of amides is 2. The van der Waals surface area contributed by atoms with Crippen molar-refractivity contribution >= 4 is 35.4 Å². The van der Waals surface area contributed by atoms with E-state index in [2.05, 4.69) is 25.6 Å². The Kier molecular flexibility index (Phi) is 9.02. The van der Waals surface area contributed by atoms with E-state index >= 15 is 0 Å². The summed E-state index contributed by atoms with van der Waals surface area (Å²) < 4.78 is 18.1. The highest BCUT2D eigenvalue weighted by Crippen LogP contribution is 2.24. The predicted molar refractivity (Wildman–Crippen MR) is 128 cm³/mol. The van der Waals surface area contributed by atoms with Crippen molar-refractivity contribution < 1.29 is 23.5 Å². The summed E-state index contributed by atoms with van der Waals surface area (Å²) in [5.41, 5.74) is 2.14. The van der Waals surface area contributed by atoms with Gasteiger partial charge in [0.15, 0.2) is 5.71 Å². The van der Waals surface area contributed by atoms with Crippen LogP contribution in [0.1, 0.15) is 60.0 Å². The van der Waals surface area contributed by atoms with Crippen molar-refractivity contribution in [3.63, 3.8) is 0 Å². The van der Waals surface area contributed by atoms with E-state index in [4.69, 9.17) is 0 Å². The van der Waals surface area contributed by atoms with Crippen LogP contribution in [-0.2, 0) is 14.3 Å². The lowest BCUT2D eigenvalue weighted by molar-refractivity contribution is -0.140. The summed E-state index contributed by atoms with van der Waals surface area (Å²) >= 11 is 0. The van der Waals surface area contributed by atoms with Crippen LogP contribution in [0.5, 0.6) is 0 Å². The molecule has 2 N–H and O–H groups in total. The third-order valence-corrected chi connectivity index (χ3v) is 5.31. The fourth-order valence-electron chi connectivity index (χ4n) is 3.43. The number of nitrogens with zero attached hydrogens (tertiary/aromatic N) is 2. The van der Waals surface area contributed by atoms with E-state index in [-0.39, 0.29) is 17.6 Å². The van der Waals surface area contributed by atoms with E-state index < -0.39 is 11.7 Å². The highest BCUT2D eigenvalue weighted by molar-refractivity contribution is 6.53. The number of benzene rings is 2. The van der Waals surface area contributed by atoms with Crippen LogP contribution < -0.4 is 10.6 Å². The molecule has 1 aliphatic rings. The van der Waals surface area contributed by atoms with Crippen LogP contribution in [0.25, 0.3) is 0 Å². The first-order valence-corrected chi connectivity index (χ1v) is 11.2. The summed E-state index contributed by atoms with van der Waals surface area (Å²) in [4.78, 5) is 35.3. The molecule has 0 aliphatic carbocycles. The number of carbonyl (C=O) groups is 3. The number of nitrogens with one attached hydrogen (secondary N) is 2. The molecule has 0 spiro atoms. The Balaban J connectivity index is 1.42. The Morgan fingerprint density at radius 2 is 1.79 bits per heavy atom. The quantitative estimate of drug-likeness (QED) is 0.227. The topological polar surface area (TPSA) is 109 Å². The molecule has 0 bridgehead atoms. The molecule has 1 heterocycles. The average Bonchev–Trinajstić information content (AvgIpc) is 3.15. The molecule has 0 atom stereocenters. The second-order valence-corrected chi connectivity index (χ2v) is 7.81. The van der Waals surface area contributed by atoms with Crippen LogP contribution in [0.3, 0.4) is 0 Å². The molecule has 1 aliphatic heterocycles. The van der Waals surface area contributed by atoms with Gasteiger partial charge in [-0.1, -0.05) is 31.4 Å². The van der Waals surface area contributed by atoms with Gasteiger partial charge in [0.2, 0.25) is 0 Å². The molecule has 178 valence electrons. The maximum atomic E-state index is 13.5. The molecule has 0 unspecified atom stereocenters. The van der Waals surface area contributed by atoms with Gasteiger partial charge in [0.25, 0.3) is 11.8 Å². The van der Waals surface area contributed by atoms with Crippen molar-refractivity contribution in [3.8, 4) is 0 Å². The van der Waals surface area contributed by atoms with Crippen molar-refractivity contribution in [1.29, 1.82) is 0 Å². The van der Waals surface area contributed by atoms with Gasteiger partial charge in [-0.3, -0.25) is 14.4 Å². The van der Waals surface area contributed by atoms with E-state index in [1.54, 1.807) is 24.3 Å². The fourth-order valence-corrected chi connectivity index (χ4v) is 3.43. The normalized spacial score (nSPS) is 13.7. The molecule has 0 saturated carbocycles. The van der Waals surface area contributed by atoms with Gasteiger partial charge in [0.1, 0.15) is 5.82 Å². The molecule has 2 aromatic rings. The number of rotatable bonds is 11. The van der Waals surface area contributed by atoms with Crippen LogP contribution in [-0.4, -0.2) is 43.4 Å². The first kappa shape index (κ1) is 24.8. The summed E-state index contributed by atoms with van der Waals surface area (Å²) in [6.45, 7) is 0.584. The fraction of sp³-hybridized carbons (Fsp3) is 0.320. The lowest BCUT2D eigenvalue weighted by Gasteiger charge is -2.05. The maximum absolute atomic E-state index is 13.5. The number of carbonyl (C=O) groups excluding carboxylic acids is 3. The number of hydrogen-bond acceptors (Lipinski definition) is 6. The van der Waals surface area contributed by atoms with Gasteiger partial charge in [-0.15, -0.1) is 5.10 Å². The van der Waals surface area contributed by atoms with Gasteiger partial charge in [-0.25, -0.2) is 4.39 Å². The highest BCUT2D eigenvalue weighted by Gasteiger charge is 2.26. The van der Waals surface area contributed by atoms with Gasteiger partial charge in [-0.05, 0) is 48.7 Å². The zero-order valence-electron chi connectivity index (χ0n) is 19.0. The number of unbranched alkanes of at least 4 members (excludes halogenated alkanes) is 4. The zero-order valence-corrected chi connectivity index (χ0v) is 19.0. The number of fused-ring (bicyclic) bond motifs is 1. The van der Waals surface area contributed by atoms with Crippen LogP contribution in [0.15, 0.2) is 52.7 Å². The Morgan fingerprint density at radius 1 is 1.06 bits per heavy atom. The lowest BCUT2D eigenvalue weighted by Crippen LogP contribution is -2.24. The first-order valence-electron chi connectivity index (χ1n) is 11.2. The molecule has 2 amide bonds. The van der Waals surface area contributed by atoms with Crippen molar-refractivity contribution in [1.82, 2.24) is 5.32 Å². The second-order valence-electron chi connectivity index (χ2n) is 7.81. The van der Waals surface area contributed by atoms with E-state index in [0.29, 0.717) is 35.3 Å². The molecular weight excluding hydrogens is 439 g/mol. The van der Waals surface area contributed by atoms with Crippen molar-refractivity contribution in [3.05, 3.63) is 65.0 Å². The Labute approximate surface area is 197 Å². The van der Waals surface area contributed by atoms with Crippen molar-refractivity contribution in [2.45, 2.75) is 38.5 Å². The van der Waals surface area contributed by atoms with Gasteiger partial charge < -0.3 is 15.4 Å². The first-order chi connectivity index (χ1) is 16.5. The molecule has 3 rings (SSSR count). The number of halogens is 1. The van der Waals surface area contributed by atoms with E-state index in [9.17, 15) is 18.8 Å². The monoisotopic (exact) mass is 466 g/mol. The molecule has 34 heavy (non-hydrogen) atoms. The zero-order chi connectivity index (χ0) is 24.3. The predicted octanol–water partition coefficient (Wildman–Crippen LogP) is 3.84. The molecule has 2 aromatic carbocycles. The van der Waals surface area contributed by atoms with Crippen LogP contribution in [0.2, 0.25) is 0 Å². The van der Waals surface area contributed by atoms with Crippen LogP contribution >= 0.6 is 0 Å². The molecule has 0 fully saturated rings. The number of ether oxygens (including phenoxy) is 1. The van der Waals surface area contributed by atoms with E-state index in [1.165, 1.54) is 31.5 Å². The van der Waals surface area contributed by atoms with Gasteiger partial charge in [0, 0.05) is 24.1 Å². The highest BCUT2D eigenvalue weighted by atomic mass is 19.1. The summed E-state index contributed by atoms with van der Waals surface area (Å²) in [5, 5.41) is 13.4. The van der Waals surface area contributed by atoms with E-state index in [0.717, 1.165) is 32.1 Å². The average molecular weight is 467 g/mol. The van der Waals surface area contributed by atoms with Crippen LogP contribution in [0.4, 0.5) is 10.1 Å². The largest absolute Gasteiger partial charge is 0.469 e. The number of esters is 1. The molecule has 0 saturated heterocycles. The SMILES string of the molecule is COC(=O)CCCCCCCNC(=O)c1ccc(C=NN=C2C(=O)Nc3ccc(F)cc32)cc1. The lowest BCUT2D eigenvalue weighted by atomic mass is 10.1.